The monoisotopic (exact) mass is 357 g/mol. The molecule has 0 saturated carbocycles. The van der Waals surface area contributed by atoms with E-state index in [1.807, 2.05) is 54.6 Å². The number of benzene rings is 3. The van der Waals surface area contributed by atoms with Crippen molar-refractivity contribution < 1.29 is 14.3 Å². The fourth-order valence-electron chi connectivity index (χ4n) is 3.64. The van der Waals surface area contributed by atoms with Crippen molar-refractivity contribution in [3.63, 3.8) is 0 Å². The van der Waals surface area contributed by atoms with Gasteiger partial charge in [-0.15, -0.1) is 0 Å². The highest BCUT2D eigenvalue weighted by molar-refractivity contribution is 6.34. The molecule has 0 saturated heterocycles. The molecule has 4 nitrogen and oxygen atoms in total. The number of nitrogens with one attached hydrogen (secondary N) is 1. The van der Waals surface area contributed by atoms with Crippen molar-refractivity contribution in [2.75, 3.05) is 12.4 Å². The van der Waals surface area contributed by atoms with Gasteiger partial charge in [-0.3, -0.25) is 9.59 Å². The van der Waals surface area contributed by atoms with Crippen molar-refractivity contribution in [1.82, 2.24) is 0 Å². The van der Waals surface area contributed by atoms with Gasteiger partial charge >= 0.3 is 0 Å². The van der Waals surface area contributed by atoms with Crippen LogP contribution in [0.1, 0.15) is 31.8 Å². The van der Waals surface area contributed by atoms with Crippen molar-refractivity contribution in [2.24, 2.45) is 0 Å². The molecule has 1 aliphatic carbocycles. The Morgan fingerprint density at radius 2 is 1.44 bits per heavy atom. The quantitative estimate of drug-likeness (QED) is 0.695. The Bertz CT molecular complexity index is 976. The van der Waals surface area contributed by atoms with Crippen LogP contribution in [0.2, 0.25) is 0 Å². The van der Waals surface area contributed by atoms with Gasteiger partial charge in [-0.05, 0) is 23.3 Å². The summed E-state index contributed by atoms with van der Waals surface area (Å²) in [5, 5.41) is 3.26. The second-order valence-electron chi connectivity index (χ2n) is 6.58. The van der Waals surface area contributed by atoms with Crippen LogP contribution >= 0.6 is 0 Å². The van der Waals surface area contributed by atoms with Crippen molar-refractivity contribution in [3.8, 4) is 0 Å². The normalized spacial score (nSPS) is 14.9. The number of carbonyl (C=O) groups excluding carboxylic acids is 2. The molecule has 4 heteroatoms. The first kappa shape index (κ1) is 17.2. The van der Waals surface area contributed by atoms with Crippen LogP contribution in [0.3, 0.4) is 0 Å². The van der Waals surface area contributed by atoms with E-state index in [-0.39, 0.29) is 11.6 Å². The molecule has 0 spiro atoms. The number of rotatable bonds is 5. The second-order valence-corrected chi connectivity index (χ2v) is 6.58. The summed E-state index contributed by atoms with van der Waals surface area (Å²) < 4.78 is 5.19. The molecule has 0 aliphatic heterocycles. The number of carbonyl (C=O) groups is 2. The Balaban J connectivity index is 1.86. The lowest BCUT2D eigenvalue weighted by atomic mass is 9.84. The number of methoxy groups -OCH3 is 1. The van der Waals surface area contributed by atoms with Crippen LogP contribution in [-0.2, 0) is 16.9 Å². The molecule has 0 heterocycles. The van der Waals surface area contributed by atoms with E-state index in [4.69, 9.17) is 4.74 Å². The third-order valence-electron chi connectivity index (χ3n) is 4.87. The van der Waals surface area contributed by atoms with Crippen LogP contribution in [0.25, 0.3) is 0 Å². The molecular weight excluding hydrogens is 338 g/mol. The fourth-order valence-corrected chi connectivity index (χ4v) is 3.64. The molecule has 1 N–H and O–H groups in total. The van der Waals surface area contributed by atoms with Gasteiger partial charge in [0.2, 0.25) is 11.6 Å². The third-order valence-corrected chi connectivity index (χ3v) is 4.87. The highest BCUT2D eigenvalue weighted by Gasteiger charge is 2.54. The first-order valence-electron chi connectivity index (χ1n) is 8.77. The van der Waals surface area contributed by atoms with E-state index < -0.39 is 5.54 Å². The number of fused-ring (bicyclic) bond motifs is 1. The lowest BCUT2D eigenvalue weighted by Gasteiger charge is -2.29. The molecular formula is C23H19NO3. The van der Waals surface area contributed by atoms with Gasteiger partial charge in [-0.25, -0.2) is 0 Å². The van der Waals surface area contributed by atoms with Gasteiger partial charge in [0.05, 0.1) is 6.61 Å². The Kier molecular flexibility index (Phi) is 4.34. The van der Waals surface area contributed by atoms with Gasteiger partial charge in [0, 0.05) is 23.9 Å². The number of hydrogen-bond acceptors (Lipinski definition) is 4. The third kappa shape index (κ3) is 2.75. The highest BCUT2D eigenvalue weighted by Crippen LogP contribution is 2.40. The summed E-state index contributed by atoms with van der Waals surface area (Å²) in [5.74, 6) is -0.460. The molecule has 4 rings (SSSR count). The number of hydrogen-bond donors (Lipinski definition) is 1. The van der Waals surface area contributed by atoms with Crippen LogP contribution in [0.15, 0.2) is 78.9 Å². The molecule has 0 unspecified atom stereocenters. The second kappa shape index (κ2) is 6.82. The van der Waals surface area contributed by atoms with Crippen LogP contribution in [-0.4, -0.2) is 18.7 Å². The number of ketones is 2. The molecule has 0 fully saturated rings. The number of ether oxygens (including phenoxy) is 1. The Morgan fingerprint density at radius 3 is 2.07 bits per heavy atom. The van der Waals surface area contributed by atoms with Crippen molar-refractivity contribution in [1.29, 1.82) is 0 Å². The summed E-state index contributed by atoms with van der Waals surface area (Å²) in [6.07, 6.45) is 0. The summed E-state index contributed by atoms with van der Waals surface area (Å²) in [4.78, 5) is 26.9. The molecule has 0 bridgehead atoms. The highest BCUT2D eigenvalue weighted by atomic mass is 16.5. The summed E-state index contributed by atoms with van der Waals surface area (Å²) in [6.45, 7) is 0.454. The van der Waals surface area contributed by atoms with Crippen molar-refractivity contribution in [3.05, 3.63) is 101 Å². The van der Waals surface area contributed by atoms with Crippen molar-refractivity contribution >= 4 is 17.3 Å². The molecule has 0 atom stereocenters. The Hall–Kier alpha value is -3.24. The first-order valence-corrected chi connectivity index (χ1v) is 8.77. The molecule has 0 amide bonds. The van der Waals surface area contributed by atoms with E-state index in [2.05, 4.69) is 5.32 Å². The molecule has 134 valence electrons. The summed E-state index contributed by atoms with van der Waals surface area (Å²) >= 11 is 0. The SMILES string of the molecule is COCc1cccc(NC2(c3ccccc3)C(=O)c3ccccc3C2=O)c1. The maximum atomic E-state index is 13.4. The van der Waals surface area contributed by atoms with Crippen LogP contribution in [0.4, 0.5) is 5.69 Å². The maximum Gasteiger partial charge on any atom is 0.201 e. The minimum absolute atomic E-state index is 0.230. The van der Waals surface area contributed by atoms with Crippen molar-refractivity contribution in [2.45, 2.75) is 12.1 Å². The molecule has 0 radical (unpaired) electrons. The number of Topliss-reactive ketones (excluding diaryl/α,β-unsaturated/α-hetero) is 2. The lowest BCUT2D eigenvalue weighted by Crippen LogP contribution is -2.46. The molecule has 0 aromatic heterocycles. The van der Waals surface area contributed by atoms with Gasteiger partial charge in [0.1, 0.15) is 0 Å². The van der Waals surface area contributed by atoms with Gasteiger partial charge < -0.3 is 10.1 Å². The maximum absolute atomic E-state index is 13.4. The molecule has 3 aromatic carbocycles. The Morgan fingerprint density at radius 1 is 0.815 bits per heavy atom. The van der Waals surface area contributed by atoms with Gasteiger partial charge in [-0.2, -0.15) is 0 Å². The fraction of sp³-hybridized carbons (Fsp3) is 0.130. The van der Waals surface area contributed by atoms with E-state index >= 15 is 0 Å². The van der Waals surface area contributed by atoms with E-state index in [0.29, 0.717) is 29.0 Å². The molecule has 1 aliphatic rings. The zero-order valence-corrected chi connectivity index (χ0v) is 14.9. The van der Waals surface area contributed by atoms with E-state index in [9.17, 15) is 9.59 Å². The largest absolute Gasteiger partial charge is 0.380 e. The zero-order chi connectivity index (χ0) is 18.9. The Labute approximate surface area is 157 Å². The number of anilines is 1. The standard InChI is InChI=1S/C23H19NO3/c1-27-15-16-8-7-11-18(14-16)24-23(17-9-3-2-4-10-17)21(25)19-12-5-6-13-20(19)22(23)26/h2-14,24H,15H2,1H3. The average molecular weight is 357 g/mol. The predicted molar refractivity (Wildman–Crippen MR) is 104 cm³/mol. The van der Waals surface area contributed by atoms with Crippen LogP contribution in [0, 0.1) is 0 Å². The predicted octanol–water partition coefficient (Wildman–Crippen LogP) is 4.22. The minimum atomic E-state index is -1.46. The summed E-state index contributed by atoms with van der Waals surface area (Å²) in [5.41, 5.74) is 1.73. The average Bonchev–Trinajstić information content (AvgIpc) is 2.92. The zero-order valence-electron chi connectivity index (χ0n) is 14.9. The summed E-state index contributed by atoms with van der Waals surface area (Å²) in [7, 11) is 1.63. The van der Waals surface area contributed by atoms with E-state index in [1.165, 1.54) is 0 Å². The minimum Gasteiger partial charge on any atom is -0.380 e. The summed E-state index contributed by atoms with van der Waals surface area (Å²) in [6, 6.07) is 23.7. The van der Waals surface area contributed by atoms with Crippen LogP contribution < -0.4 is 5.32 Å². The lowest BCUT2D eigenvalue weighted by molar-refractivity contribution is 0.0819. The van der Waals surface area contributed by atoms with Gasteiger partial charge in [0.15, 0.2) is 5.54 Å². The van der Waals surface area contributed by atoms with E-state index in [0.717, 1.165) is 5.56 Å². The topological polar surface area (TPSA) is 55.4 Å². The first-order chi connectivity index (χ1) is 13.2. The van der Waals surface area contributed by atoms with Gasteiger partial charge in [-0.1, -0.05) is 66.7 Å². The molecule has 27 heavy (non-hydrogen) atoms. The van der Waals surface area contributed by atoms with Crippen LogP contribution in [0.5, 0.6) is 0 Å². The molecule has 3 aromatic rings. The van der Waals surface area contributed by atoms with Gasteiger partial charge in [0.25, 0.3) is 0 Å². The smallest absolute Gasteiger partial charge is 0.201 e. The van der Waals surface area contributed by atoms with E-state index in [1.54, 1.807) is 31.4 Å².